The van der Waals surface area contributed by atoms with Gasteiger partial charge in [0.2, 0.25) is 5.91 Å². The van der Waals surface area contributed by atoms with Crippen molar-refractivity contribution < 1.29 is 19.1 Å². The predicted molar refractivity (Wildman–Crippen MR) is 103 cm³/mol. The third-order valence-corrected chi connectivity index (χ3v) is 4.96. The molecule has 3 aromatic rings. The number of aromatic nitrogens is 2. The molecule has 7 nitrogen and oxygen atoms in total. The van der Waals surface area contributed by atoms with Gasteiger partial charge in [-0.2, -0.15) is 5.10 Å². The predicted octanol–water partition coefficient (Wildman–Crippen LogP) is 2.42. The first-order valence-electron chi connectivity index (χ1n) is 9.21. The number of nitrogens with zero attached hydrogens (tertiary/aromatic N) is 3. The number of hydrogen-bond acceptors (Lipinski definition) is 4. The topological polar surface area (TPSA) is 92.5 Å². The van der Waals surface area contributed by atoms with Gasteiger partial charge in [0.25, 0.3) is 5.56 Å². The first-order chi connectivity index (χ1) is 14.0. The van der Waals surface area contributed by atoms with E-state index in [9.17, 15) is 23.9 Å². The van der Waals surface area contributed by atoms with Gasteiger partial charge in [0, 0.05) is 23.5 Å². The largest absolute Gasteiger partial charge is 0.476 e. The van der Waals surface area contributed by atoms with Crippen LogP contribution in [0.25, 0.3) is 10.8 Å². The van der Waals surface area contributed by atoms with Crippen molar-refractivity contribution in [2.24, 2.45) is 0 Å². The van der Waals surface area contributed by atoms with Crippen molar-refractivity contribution in [2.75, 3.05) is 0 Å². The average molecular weight is 395 g/mol. The van der Waals surface area contributed by atoms with E-state index in [-0.39, 0.29) is 29.1 Å². The van der Waals surface area contributed by atoms with Crippen molar-refractivity contribution in [3.8, 4) is 0 Å². The Balaban J connectivity index is 1.67. The molecule has 148 valence electrons. The maximum Gasteiger partial charge on any atom is 0.357 e. The number of benzene rings is 2. The van der Waals surface area contributed by atoms with Crippen LogP contribution in [0, 0.1) is 5.82 Å². The van der Waals surface area contributed by atoms with E-state index >= 15 is 0 Å². The minimum absolute atomic E-state index is 0.0165. The van der Waals surface area contributed by atoms with Crippen LogP contribution in [0.3, 0.4) is 0 Å². The maximum absolute atomic E-state index is 14.0. The van der Waals surface area contributed by atoms with Gasteiger partial charge < -0.3 is 10.0 Å². The molecule has 29 heavy (non-hydrogen) atoms. The lowest BCUT2D eigenvalue weighted by Gasteiger charge is -2.23. The van der Waals surface area contributed by atoms with E-state index in [0.29, 0.717) is 5.56 Å². The fourth-order valence-corrected chi connectivity index (χ4v) is 3.34. The van der Waals surface area contributed by atoms with Gasteiger partial charge in [-0.25, -0.2) is 13.9 Å². The van der Waals surface area contributed by atoms with Crippen molar-refractivity contribution in [1.82, 2.24) is 14.7 Å². The monoisotopic (exact) mass is 395 g/mol. The fraction of sp³-hybridized carbons (Fsp3) is 0.238. The molecule has 1 fully saturated rings. The maximum atomic E-state index is 14.0. The summed E-state index contributed by atoms with van der Waals surface area (Å²) in [5, 5.41) is 13.8. The second kappa shape index (κ2) is 7.46. The molecule has 8 heteroatoms. The molecule has 1 aromatic heterocycles. The van der Waals surface area contributed by atoms with Crippen LogP contribution in [0.5, 0.6) is 0 Å². The summed E-state index contributed by atoms with van der Waals surface area (Å²) in [7, 11) is 0. The molecule has 1 N–H and O–H groups in total. The third-order valence-electron chi connectivity index (χ3n) is 4.96. The van der Waals surface area contributed by atoms with Crippen molar-refractivity contribution >= 4 is 22.6 Å². The number of carbonyl (C=O) groups is 2. The number of amides is 1. The second-order valence-corrected chi connectivity index (χ2v) is 7.01. The van der Waals surface area contributed by atoms with Gasteiger partial charge in [0.1, 0.15) is 12.4 Å². The van der Waals surface area contributed by atoms with E-state index in [0.717, 1.165) is 17.5 Å². The smallest absolute Gasteiger partial charge is 0.357 e. The van der Waals surface area contributed by atoms with E-state index in [2.05, 4.69) is 5.10 Å². The van der Waals surface area contributed by atoms with Gasteiger partial charge in [-0.05, 0) is 25.0 Å². The van der Waals surface area contributed by atoms with Crippen LogP contribution in [0.4, 0.5) is 4.39 Å². The molecule has 1 heterocycles. The molecule has 0 bridgehead atoms. The summed E-state index contributed by atoms with van der Waals surface area (Å²) in [5.74, 6) is -2.09. The molecular formula is C21H18FN3O4. The highest BCUT2D eigenvalue weighted by Gasteiger charge is 2.33. The molecular weight excluding hydrogens is 377 g/mol. The summed E-state index contributed by atoms with van der Waals surface area (Å²) in [6, 6.07) is 12.5. The molecule has 4 rings (SSSR count). The molecule has 1 saturated carbocycles. The molecule has 0 unspecified atom stereocenters. The highest BCUT2D eigenvalue weighted by molar-refractivity contribution is 6.01. The molecule has 0 aliphatic heterocycles. The second-order valence-electron chi connectivity index (χ2n) is 7.01. The highest BCUT2D eigenvalue weighted by Crippen LogP contribution is 2.29. The van der Waals surface area contributed by atoms with Gasteiger partial charge in [-0.1, -0.05) is 36.4 Å². The summed E-state index contributed by atoms with van der Waals surface area (Å²) in [6.07, 6.45) is 1.61. The first kappa shape index (κ1) is 18.8. The molecule has 1 amide bonds. The quantitative estimate of drug-likeness (QED) is 0.692. The zero-order chi connectivity index (χ0) is 20.5. The lowest BCUT2D eigenvalue weighted by molar-refractivity contribution is -0.133. The van der Waals surface area contributed by atoms with Gasteiger partial charge in [0.15, 0.2) is 5.69 Å². The highest BCUT2D eigenvalue weighted by atomic mass is 19.1. The lowest BCUT2D eigenvalue weighted by Crippen LogP contribution is -2.39. The first-order valence-corrected chi connectivity index (χ1v) is 9.21. The lowest BCUT2D eigenvalue weighted by atomic mass is 10.1. The fourth-order valence-electron chi connectivity index (χ4n) is 3.34. The molecule has 0 saturated heterocycles. The van der Waals surface area contributed by atoms with Crippen molar-refractivity contribution in [2.45, 2.75) is 32.0 Å². The summed E-state index contributed by atoms with van der Waals surface area (Å²) >= 11 is 0. The molecule has 2 aromatic carbocycles. The van der Waals surface area contributed by atoms with Gasteiger partial charge >= 0.3 is 5.97 Å². The van der Waals surface area contributed by atoms with E-state index in [1.165, 1.54) is 23.1 Å². The van der Waals surface area contributed by atoms with E-state index in [1.54, 1.807) is 30.3 Å². The standard InChI is InChI=1S/C21H18FN3O4/c22-17-8-4-1-5-13(17)11-24(14-9-10-14)18(26)12-25-20(27)16-7-3-2-6-15(16)19(23-25)21(28)29/h1-8,14H,9-12H2,(H,28,29). The van der Waals surface area contributed by atoms with Crippen LogP contribution in [0.15, 0.2) is 53.3 Å². The number of hydrogen-bond donors (Lipinski definition) is 1. The van der Waals surface area contributed by atoms with Crippen molar-refractivity contribution in [1.29, 1.82) is 0 Å². The Morgan fingerprint density at radius 1 is 1.10 bits per heavy atom. The average Bonchev–Trinajstić information content (AvgIpc) is 3.54. The van der Waals surface area contributed by atoms with Crippen LogP contribution in [-0.2, 0) is 17.9 Å². The zero-order valence-corrected chi connectivity index (χ0v) is 15.4. The van der Waals surface area contributed by atoms with Crippen LogP contribution in [-0.4, -0.2) is 37.7 Å². The summed E-state index contributed by atoms with van der Waals surface area (Å²) in [4.78, 5) is 38.8. The van der Waals surface area contributed by atoms with Crippen LogP contribution in [0.1, 0.15) is 28.9 Å². The molecule has 1 aliphatic carbocycles. The van der Waals surface area contributed by atoms with Gasteiger partial charge in [-0.3, -0.25) is 9.59 Å². The van der Waals surface area contributed by atoms with Crippen molar-refractivity contribution in [3.63, 3.8) is 0 Å². The van der Waals surface area contributed by atoms with Crippen molar-refractivity contribution in [3.05, 3.63) is 76.0 Å². The van der Waals surface area contributed by atoms with Crippen LogP contribution >= 0.6 is 0 Å². The number of aromatic carboxylic acids is 1. The number of carboxylic acid groups (broad SMARTS) is 1. The van der Waals surface area contributed by atoms with E-state index in [4.69, 9.17) is 0 Å². The SMILES string of the molecule is O=C(O)c1nn(CC(=O)N(Cc2ccccc2F)C2CC2)c(=O)c2ccccc12. The van der Waals surface area contributed by atoms with E-state index in [1.807, 2.05) is 0 Å². The number of halogens is 1. The Morgan fingerprint density at radius 3 is 2.41 bits per heavy atom. The Hall–Kier alpha value is -3.55. The Bertz CT molecular complexity index is 1170. The normalized spacial score (nSPS) is 13.4. The minimum atomic E-state index is -1.28. The minimum Gasteiger partial charge on any atom is -0.476 e. The molecule has 0 spiro atoms. The number of rotatable bonds is 6. The molecule has 1 aliphatic rings. The zero-order valence-electron chi connectivity index (χ0n) is 15.4. The van der Waals surface area contributed by atoms with Gasteiger partial charge in [0.05, 0.1) is 5.39 Å². The van der Waals surface area contributed by atoms with Crippen LogP contribution < -0.4 is 5.56 Å². The van der Waals surface area contributed by atoms with Crippen LogP contribution in [0.2, 0.25) is 0 Å². The summed E-state index contributed by atoms with van der Waals surface area (Å²) in [6.45, 7) is -0.320. The number of carboxylic acids is 1. The summed E-state index contributed by atoms with van der Waals surface area (Å²) in [5.41, 5.74) is -0.446. The summed E-state index contributed by atoms with van der Waals surface area (Å²) < 4.78 is 14.9. The number of carbonyl (C=O) groups excluding carboxylic acids is 1. The number of fused-ring (bicyclic) bond motifs is 1. The van der Waals surface area contributed by atoms with E-state index < -0.39 is 29.8 Å². The third kappa shape index (κ3) is 3.73. The Kier molecular flexibility index (Phi) is 4.84. The Labute approximate surface area is 165 Å². The molecule has 0 atom stereocenters. The van der Waals surface area contributed by atoms with Gasteiger partial charge in [-0.15, -0.1) is 0 Å². The Morgan fingerprint density at radius 2 is 1.76 bits per heavy atom. The molecule has 0 radical (unpaired) electrons.